The third kappa shape index (κ3) is 4.76. The van der Waals surface area contributed by atoms with E-state index in [9.17, 15) is 18.0 Å². The fourth-order valence-corrected chi connectivity index (χ4v) is 3.25. The lowest BCUT2D eigenvalue weighted by atomic mass is 9.95. The minimum absolute atomic E-state index is 0.00248. The maximum atomic E-state index is 12.7. The first-order valence-electron chi connectivity index (χ1n) is 8.15. The Bertz CT molecular complexity index is 605. The first-order chi connectivity index (χ1) is 11.8. The van der Waals surface area contributed by atoms with Crippen LogP contribution in [0.4, 0.5) is 19.0 Å². The lowest BCUT2D eigenvalue weighted by molar-refractivity contribution is -0.138. The number of anilines is 1. The van der Waals surface area contributed by atoms with E-state index >= 15 is 0 Å². The largest absolute Gasteiger partial charge is 0.417 e. The van der Waals surface area contributed by atoms with Crippen LogP contribution in [-0.4, -0.2) is 53.7 Å². The number of halogens is 4. The molecule has 1 aromatic heterocycles. The Balaban J connectivity index is 2.01. The molecule has 0 unspecified atom stereocenters. The second kappa shape index (κ2) is 8.23. The lowest BCUT2D eigenvalue weighted by Crippen LogP contribution is -2.43. The minimum atomic E-state index is -4.48. The molecule has 0 spiro atoms. The van der Waals surface area contributed by atoms with Crippen LogP contribution in [0.15, 0.2) is 12.3 Å². The molecule has 1 fully saturated rings. The summed E-state index contributed by atoms with van der Waals surface area (Å²) < 4.78 is 38.0. The summed E-state index contributed by atoms with van der Waals surface area (Å²) in [6.45, 7) is 3.60. The molecule has 25 heavy (non-hydrogen) atoms. The Morgan fingerprint density at radius 3 is 2.56 bits per heavy atom. The summed E-state index contributed by atoms with van der Waals surface area (Å²) >= 11 is 5.97. The van der Waals surface area contributed by atoms with E-state index in [1.54, 1.807) is 9.80 Å². The molecule has 5 nitrogen and oxygen atoms in total. The molecule has 1 aliphatic heterocycles. The van der Waals surface area contributed by atoms with Gasteiger partial charge in [-0.3, -0.25) is 4.79 Å². The molecule has 0 bridgehead atoms. The van der Waals surface area contributed by atoms with Gasteiger partial charge in [-0.15, -0.1) is 0 Å². The van der Waals surface area contributed by atoms with E-state index in [0.29, 0.717) is 44.8 Å². The Labute approximate surface area is 149 Å². The molecule has 2 heterocycles. The quantitative estimate of drug-likeness (QED) is 0.854. The average Bonchev–Trinajstić information content (AvgIpc) is 2.58. The van der Waals surface area contributed by atoms with E-state index in [0.717, 1.165) is 12.3 Å². The number of aliphatic hydroxyl groups excluding tert-OH is 1. The van der Waals surface area contributed by atoms with Gasteiger partial charge < -0.3 is 14.9 Å². The van der Waals surface area contributed by atoms with Crippen LogP contribution < -0.4 is 4.90 Å². The molecule has 1 aromatic rings. The fourth-order valence-electron chi connectivity index (χ4n) is 2.96. The number of alkyl halides is 3. The predicted molar refractivity (Wildman–Crippen MR) is 88.5 cm³/mol. The van der Waals surface area contributed by atoms with Crippen LogP contribution in [0.1, 0.15) is 25.3 Å². The van der Waals surface area contributed by atoms with Gasteiger partial charge >= 0.3 is 6.18 Å². The van der Waals surface area contributed by atoms with Crippen LogP contribution in [-0.2, 0) is 11.0 Å². The number of amides is 1. The summed E-state index contributed by atoms with van der Waals surface area (Å²) in [5.41, 5.74) is -0.881. The van der Waals surface area contributed by atoms with Crippen molar-refractivity contribution in [1.82, 2.24) is 9.88 Å². The molecule has 0 aromatic carbocycles. The zero-order valence-electron chi connectivity index (χ0n) is 13.9. The van der Waals surface area contributed by atoms with Crippen LogP contribution in [0.2, 0.25) is 5.02 Å². The second-order valence-electron chi connectivity index (χ2n) is 5.93. The molecule has 1 amide bonds. The SMILES string of the molecule is CCN(CCO)C(=O)C1CCN(c2ncc(C(F)(F)F)cc2Cl)CC1. The van der Waals surface area contributed by atoms with Crippen molar-refractivity contribution in [2.24, 2.45) is 5.92 Å². The number of likely N-dealkylation sites (N-methyl/N-ethyl adjacent to an activating group) is 1. The predicted octanol–water partition coefficient (Wildman–Crippen LogP) is 2.81. The maximum Gasteiger partial charge on any atom is 0.417 e. The fraction of sp³-hybridized carbons (Fsp3) is 0.625. The van der Waals surface area contributed by atoms with Gasteiger partial charge in [0.2, 0.25) is 5.91 Å². The summed E-state index contributed by atoms with van der Waals surface area (Å²) in [4.78, 5) is 19.7. The second-order valence-corrected chi connectivity index (χ2v) is 6.34. The highest BCUT2D eigenvalue weighted by Crippen LogP contribution is 2.34. The topological polar surface area (TPSA) is 56.7 Å². The van der Waals surface area contributed by atoms with Gasteiger partial charge in [-0.2, -0.15) is 13.2 Å². The zero-order chi connectivity index (χ0) is 18.6. The number of aliphatic hydroxyl groups is 1. The maximum absolute atomic E-state index is 12.7. The Kier molecular flexibility index (Phi) is 6.51. The van der Waals surface area contributed by atoms with Crippen molar-refractivity contribution in [3.63, 3.8) is 0 Å². The van der Waals surface area contributed by atoms with Crippen LogP contribution >= 0.6 is 11.6 Å². The van der Waals surface area contributed by atoms with Gasteiger partial charge in [-0.25, -0.2) is 4.98 Å². The Hall–Kier alpha value is -1.54. The highest BCUT2D eigenvalue weighted by atomic mass is 35.5. The number of hydrogen-bond donors (Lipinski definition) is 1. The van der Waals surface area contributed by atoms with E-state index in [1.165, 1.54) is 0 Å². The molecule has 1 saturated heterocycles. The van der Waals surface area contributed by atoms with Gasteiger partial charge in [0.05, 0.1) is 17.2 Å². The van der Waals surface area contributed by atoms with Crippen LogP contribution in [0, 0.1) is 5.92 Å². The van der Waals surface area contributed by atoms with Crippen molar-refractivity contribution in [1.29, 1.82) is 0 Å². The monoisotopic (exact) mass is 379 g/mol. The van der Waals surface area contributed by atoms with E-state index in [1.807, 2.05) is 6.92 Å². The van der Waals surface area contributed by atoms with Crippen molar-refractivity contribution in [3.8, 4) is 0 Å². The Morgan fingerprint density at radius 2 is 2.08 bits per heavy atom. The van der Waals surface area contributed by atoms with Crippen molar-refractivity contribution >= 4 is 23.3 Å². The highest BCUT2D eigenvalue weighted by molar-refractivity contribution is 6.33. The molecule has 140 valence electrons. The van der Waals surface area contributed by atoms with Crippen LogP contribution in [0.5, 0.6) is 0 Å². The van der Waals surface area contributed by atoms with Crippen molar-refractivity contribution < 1.29 is 23.1 Å². The molecule has 0 atom stereocenters. The molecule has 1 aliphatic rings. The Morgan fingerprint density at radius 1 is 1.44 bits per heavy atom. The lowest BCUT2D eigenvalue weighted by Gasteiger charge is -2.34. The molecular weight excluding hydrogens is 359 g/mol. The molecule has 0 saturated carbocycles. The van der Waals surface area contributed by atoms with E-state index in [-0.39, 0.29) is 23.5 Å². The van der Waals surface area contributed by atoms with Gasteiger partial charge in [-0.1, -0.05) is 11.6 Å². The number of hydrogen-bond acceptors (Lipinski definition) is 4. The standard InChI is InChI=1S/C16H21ClF3N3O2/c1-2-22(7-8-24)15(25)11-3-5-23(6-4-11)14-13(17)9-12(10-21-14)16(18,19)20/h9-11,24H,2-8H2,1H3. The normalized spacial score (nSPS) is 16.2. The van der Waals surface area contributed by atoms with E-state index < -0.39 is 11.7 Å². The van der Waals surface area contributed by atoms with Crippen molar-refractivity contribution in [2.45, 2.75) is 25.9 Å². The summed E-state index contributed by atoms with van der Waals surface area (Å²) in [5, 5.41) is 8.96. The average molecular weight is 380 g/mol. The number of rotatable bonds is 5. The van der Waals surface area contributed by atoms with Gasteiger partial charge in [-0.05, 0) is 25.8 Å². The first-order valence-corrected chi connectivity index (χ1v) is 8.53. The van der Waals surface area contributed by atoms with E-state index in [2.05, 4.69) is 4.98 Å². The number of piperidine rings is 1. The molecule has 9 heteroatoms. The van der Waals surface area contributed by atoms with Gasteiger partial charge in [0.25, 0.3) is 0 Å². The van der Waals surface area contributed by atoms with Crippen molar-refractivity contribution in [2.75, 3.05) is 37.7 Å². The third-order valence-corrected chi connectivity index (χ3v) is 4.63. The third-order valence-electron chi connectivity index (χ3n) is 4.36. The van der Waals surface area contributed by atoms with Gasteiger partial charge in [0, 0.05) is 38.3 Å². The van der Waals surface area contributed by atoms with Gasteiger partial charge in [0.1, 0.15) is 5.82 Å². The van der Waals surface area contributed by atoms with Crippen molar-refractivity contribution in [3.05, 3.63) is 22.8 Å². The molecule has 0 radical (unpaired) electrons. The molecule has 0 aliphatic carbocycles. The number of nitrogens with zero attached hydrogens (tertiary/aromatic N) is 3. The zero-order valence-corrected chi connectivity index (χ0v) is 14.6. The molecular formula is C16H21ClF3N3O2. The number of aromatic nitrogens is 1. The molecule has 1 N–H and O–H groups in total. The molecule has 2 rings (SSSR count). The summed E-state index contributed by atoms with van der Waals surface area (Å²) in [6, 6.07) is 0.876. The minimum Gasteiger partial charge on any atom is -0.395 e. The first kappa shape index (κ1) is 19.8. The van der Waals surface area contributed by atoms with E-state index in [4.69, 9.17) is 16.7 Å². The van der Waals surface area contributed by atoms with Crippen LogP contribution in [0.3, 0.4) is 0 Å². The smallest absolute Gasteiger partial charge is 0.395 e. The van der Waals surface area contributed by atoms with Gasteiger partial charge in [0.15, 0.2) is 0 Å². The van der Waals surface area contributed by atoms with Crippen LogP contribution in [0.25, 0.3) is 0 Å². The summed E-state index contributed by atoms with van der Waals surface area (Å²) in [7, 11) is 0. The number of pyridine rings is 1. The summed E-state index contributed by atoms with van der Waals surface area (Å²) in [6.07, 6.45) is -2.57. The highest BCUT2D eigenvalue weighted by Gasteiger charge is 2.33. The number of carbonyl (C=O) groups excluding carboxylic acids is 1. The number of carbonyl (C=O) groups is 1. The summed E-state index contributed by atoms with van der Waals surface area (Å²) in [5.74, 6) is 0.155.